The van der Waals surface area contributed by atoms with E-state index in [1.807, 2.05) is 25.1 Å². The van der Waals surface area contributed by atoms with E-state index in [1.54, 1.807) is 13.0 Å². The van der Waals surface area contributed by atoms with Gasteiger partial charge in [-0.2, -0.15) is 0 Å². The van der Waals surface area contributed by atoms with E-state index in [0.717, 1.165) is 22.3 Å². The monoisotopic (exact) mass is 278 g/mol. The van der Waals surface area contributed by atoms with Crippen molar-refractivity contribution >= 4 is 11.6 Å². The first-order chi connectivity index (χ1) is 8.97. The topological polar surface area (TPSA) is 20.2 Å². The molecule has 0 aliphatic carbocycles. The third kappa shape index (κ3) is 3.34. The Kier molecular flexibility index (Phi) is 4.23. The summed E-state index contributed by atoms with van der Waals surface area (Å²) in [5.41, 5.74) is 3.46. The summed E-state index contributed by atoms with van der Waals surface area (Å²) in [7, 11) is 0. The van der Waals surface area contributed by atoms with Gasteiger partial charge in [0.1, 0.15) is 5.82 Å². The molecule has 2 aromatic rings. The number of aliphatic hydroxyl groups is 1. The average Bonchev–Trinajstić information content (AvgIpc) is 2.32. The normalized spacial score (nSPS) is 12.5. The zero-order valence-corrected chi connectivity index (χ0v) is 11.7. The van der Waals surface area contributed by atoms with Gasteiger partial charge in [0.15, 0.2) is 0 Å². The smallest absolute Gasteiger partial charge is 0.123 e. The highest BCUT2D eigenvalue weighted by Gasteiger charge is 2.13. The molecule has 0 fully saturated rings. The van der Waals surface area contributed by atoms with E-state index >= 15 is 0 Å². The maximum Gasteiger partial charge on any atom is 0.123 e. The molecule has 0 saturated carbocycles. The third-order valence-corrected chi connectivity index (χ3v) is 3.56. The fourth-order valence-electron chi connectivity index (χ4n) is 2.15. The van der Waals surface area contributed by atoms with E-state index in [9.17, 15) is 9.50 Å². The van der Waals surface area contributed by atoms with Crippen LogP contribution in [0.25, 0.3) is 0 Å². The molecule has 0 amide bonds. The van der Waals surface area contributed by atoms with Crippen LogP contribution in [0.5, 0.6) is 0 Å². The fraction of sp³-hybridized carbons (Fsp3) is 0.250. The van der Waals surface area contributed by atoms with Crippen LogP contribution in [0.2, 0.25) is 5.02 Å². The number of hydrogen-bond acceptors (Lipinski definition) is 1. The third-order valence-electron chi connectivity index (χ3n) is 3.21. The Morgan fingerprint density at radius 3 is 2.53 bits per heavy atom. The van der Waals surface area contributed by atoms with Gasteiger partial charge in [0.25, 0.3) is 0 Å². The fourth-order valence-corrected chi connectivity index (χ4v) is 2.46. The molecular formula is C16H16ClFO. The lowest BCUT2D eigenvalue weighted by Crippen LogP contribution is -2.04. The quantitative estimate of drug-likeness (QED) is 0.884. The predicted octanol–water partition coefficient (Wildman–Crippen LogP) is 4.37. The predicted molar refractivity (Wildman–Crippen MR) is 76.0 cm³/mol. The average molecular weight is 279 g/mol. The Bertz CT molecular complexity index is 595. The summed E-state index contributed by atoms with van der Waals surface area (Å²) < 4.78 is 13.0. The molecule has 3 heteroatoms. The first-order valence-corrected chi connectivity index (χ1v) is 6.54. The van der Waals surface area contributed by atoms with Crippen LogP contribution >= 0.6 is 11.6 Å². The highest BCUT2D eigenvalue weighted by Crippen LogP contribution is 2.26. The minimum absolute atomic E-state index is 0.290. The van der Waals surface area contributed by atoms with Gasteiger partial charge in [0.2, 0.25) is 0 Å². The van der Waals surface area contributed by atoms with Gasteiger partial charge in [0.05, 0.1) is 6.10 Å². The number of hydrogen-bond donors (Lipinski definition) is 1. The van der Waals surface area contributed by atoms with Gasteiger partial charge in [-0.25, -0.2) is 4.39 Å². The lowest BCUT2D eigenvalue weighted by molar-refractivity contribution is 0.177. The van der Waals surface area contributed by atoms with Gasteiger partial charge >= 0.3 is 0 Å². The van der Waals surface area contributed by atoms with E-state index < -0.39 is 6.10 Å². The zero-order valence-electron chi connectivity index (χ0n) is 11.0. The second-order valence-corrected chi connectivity index (χ2v) is 5.22. The van der Waals surface area contributed by atoms with Crippen LogP contribution in [-0.4, -0.2) is 5.11 Å². The molecule has 1 atom stereocenters. The molecule has 0 spiro atoms. The maximum atomic E-state index is 13.0. The summed E-state index contributed by atoms with van der Waals surface area (Å²) in [4.78, 5) is 0. The first kappa shape index (κ1) is 14.0. The number of aryl methyl sites for hydroxylation is 2. The Balaban J connectivity index is 2.23. The van der Waals surface area contributed by atoms with Gasteiger partial charge in [0, 0.05) is 11.4 Å². The van der Waals surface area contributed by atoms with Crippen LogP contribution in [0.3, 0.4) is 0 Å². The molecular weight excluding hydrogens is 263 g/mol. The van der Waals surface area contributed by atoms with E-state index in [1.165, 1.54) is 12.1 Å². The van der Waals surface area contributed by atoms with Crippen LogP contribution in [0.15, 0.2) is 36.4 Å². The van der Waals surface area contributed by atoms with Crippen molar-refractivity contribution in [3.63, 3.8) is 0 Å². The largest absolute Gasteiger partial charge is 0.388 e. The Morgan fingerprint density at radius 2 is 1.89 bits per heavy atom. The zero-order chi connectivity index (χ0) is 14.0. The van der Waals surface area contributed by atoms with Crippen molar-refractivity contribution in [3.05, 3.63) is 69.5 Å². The van der Waals surface area contributed by atoms with E-state index in [0.29, 0.717) is 11.4 Å². The SMILES string of the molecule is Cc1ccc(CC(O)c2ccc(F)cc2C)c(Cl)c1. The molecule has 2 rings (SSSR count). The number of aliphatic hydroxyl groups excluding tert-OH is 1. The van der Waals surface area contributed by atoms with Crippen LogP contribution in [-0.2, 0) is 6.42 Å². The minimum atomic E-state index is -0.680. The van der Waals surface area contributed by atoms with Gasteiger partial charge in [-0.15, -0.1) is 0 Å². The molecule has 100 valence electrons. The van der Waals surface area contributed by atoms with E-state index in [4.69, 9.17) is 11.6 Å². The molecule has 0 heterocycles. The van der Waals surface area contributed by atoms with Crippen molar-refractivity contribution in [2.45, 2.75) is 26.4 Å². The van der Waals surface area contributed by atoms with E-state index in [-0.39, 0.29) is 5.82 Å². The molecule has 19 heavy (non-hydrogen) atoms. The molecule has 0 aromatic heterocycles. The summed E-state index contributed by atoms with van der Waals surface area (Å²) >= 11 is 6.15. The van der Waals surface area contributed by atoms with Gasteiger partial charge in [-0.05, 0) is 54.3 Å². The molecule has 0 aliphatic rings. The maximum absolute atomic E-state index is 13.0. The second kappa shape index (κ2) is 5.72. The molecule has 1 unspecified atom stereocenters. The number of rotatable bonds is 3. The summed E-state index contributed by atoms with van der Waals surface area (Å²) in [5.74, 6) is -0.290. The van der Waals surface area contributed by atoms with Crippen molar-refractivity contribution in [3.8, 4) is 0 Å². The molecule has 2 aromatic carbocycles. The summed E-state index contributed by atoms with van der Waals surface area (Å²) in [6.45, 7) is 3.76. The highest BCUT2D eigenvalue weighted by atomic mass is 35.5. The lowest BCUT2D eigenvalue weighted by atomic mass is 9.97. The Labute approximate surface area is 117 Å². The van der Waals surface area contributed by atoms with Crippen molar-refractivity contribution in [2.75, 3.05) is 0 Å². The van der Waals surface area contributed by atoms with Crippen LogP contribution < -0.4 is 0 Å². The Morgan fingerprint density at radius 1 is 1.16 bits per heavy atom. The Hall–Kier alpha value is -1.38. The van der Waals surface area contributed by atoms with Crippen molar-refractivity contribution < 1.29 is 9.50 Å². The van der Waals surface area contributed by atoms with Gasteiger partial charge in [-0.3, -0.25) is 0 Å². The van der Waals surface area contributed by atoms with Crippen LogP contribution in [0.1, 0.15) is 28.4 Å². The molecule has 0 radical (unpaired) electrons. The molecule has 0 bridgehead atoms. The second-order valence-electron chi connectivity index (χ2n) is 4.82. The molecule has 1 nitrogen and oxygen atoms in total. The van der Waals surface area contributed by atoms with Crippen LogP contribution in [0.4, 0.5) is 4.39 Å². The minimum Gasteiger partial charge on any atom is -0.388 e. The summed E-state index contributed by atoms with van der Waals surface area (Å²) in [6, 6.07) is 10.2. The lowest BCUT2D eigenvalue weighted by Gasteiger charge is -2.15. The summed E-state index contributed by atoms with van der Waals surface area (Å²) in [6.07, 6.45) is -0.258. The summed E-state index contributed by atoms with van der Waals surface area (Å²) in [5, 5.41) is 10.9. The number of halogens is 2. The number of benzene rings is 2. The molecule has 0 aliphatic heterocycles. The van der Waals surface area contributed by atoms with Crippen molar-refractivity contribution in [1.82, 2.24) is 0 Å². The van der Waals surface area contributed by atoms with Gasteiger partial charge in [-0.1, -0.05) is 29.8 Å². The van der Waals surface area contributed by atoms with Crippen LogP contribution in [0, 0.1) is 19.7 Å². The van der Waals surface area contributed by atoms with Crippen molar-refractivity contribution in [2.24, 2.45) is 0 Å². The molecule has 1 N–H and O–H groups in total. The highest BCUT2D eigenvalue weighted by molar-refractivity contribution is 6.31. The molecule has 0 saturated heterocycles. The van der Waals surface area contributed by atoms with Crippen molar-refractivity contribution in [1.29, 1.82) is 0 Å². The van der Waals surface area contributed by atoms with Gasteiger partial charge < -0.3 is 5.11 Å². The van der Waals surface area contributed by atoms with E-state index in [2.05, 4.69) is 0 Å². The standard InChI is InChI=1S/C16H16ClFO/c1-10-3-4-12(15(17)7-10)9-16(19)14-6-5-13(18)8-11(14)2/h3-8,16,19H,9H2,1-2H3. The first-order valence-electron chi connectivity index (χ1n) is 6.16.